The maximum Gasteiger partial charge on any atom is 0.407 e. The zero-order valence-corrected chi connectivity index (χ0v) is 19.3. The number of ether oxygens (including phenoxy) is 1. The molecule has 0 bridgehead atoms. The van der Waals surface area contributed by atoms with Crippen LogP contribution in [0.3, 0.4) is 0 Å². The number of benzene rings is 2. The molecule has 4 atom stereocenters. The minimum absolute atomic E-state index is 0.0156. The summed E-state index contributed by atoms with van der Waals surface area (Å²) in [5.41, 5.74) is 4.66. The molecule has 2 N–H and O–H groups in total. The minimum Gasteiger partial charge on any atom is -0.481 e. The number of fused-ring (bicyclic) bond motifs is 3. The summed E-state index contributed by atoms with van der Waals surface area (Å²) in [4.78, 5) is 39.0. The van der Waals surface area contributed by atoms with Crippen LogP contribution in [0.15, 0.2) is 48.5 Å². The molecule has 178 valence electrons. The molecule has 2 aromatic carbocycles. The molecule has 2 aliphatic carbocycles. The molecule has 0 spiro atoms. The Morgan fingerprint density at radius 3 is 2.24 bits per heavy atom. The topological polar surface area (TPSA) is 95.9 Å². The molecule has 1 saturated carbocycles. The van der Waals surface area contributed by atoms with Crippen LogP contribution in [-0.2, 0) is 14.3 Å². The third-order valence-electron chi connectivity index (χ3n) is 7.72. The van der Waals surface area contributed by atoms with Gasteiger partial charge < -0.3 is 20.1 Å². The maximum atomic E-state index is 13.1. The maximum absolute atomic E-state index is 13.1. The van der Waals surface area contributed by atoms with E-state index in [2.05, 4.69) is 29.6 Å². The Labute approximate surface area is 199 Å². The van der Waals surface area contributed by atoms with Gasteiger partial charge in [0.1, 0.15) is 6.61 Å². The zero-order chi connectivity index (χ0) is 23.8. The molecule has 1 aliphatic heterocycles. The van der Waals surface area contributed by atoms with Gasteiger partial charge in [-0.05, 0) is 41.0 Å². The Balaban J connectivity index is 1.21. The first kappa shape index (κ1) is 22.4. The smallest absolute Gasteiger partial charge is 0.407 e. The monoisotopic (exact) mass is 462 g/mol. The molecule has 7 nitrogen and oxygen atoms in total. The molecule has 3 aliphatic rings. The molecular formula is C27H30N2O5. The van der Waals surface area contributed by atoms with Crippen LogP contribution >= 0.6 is 0 Å². The number of amides is 2. The average molecular weight is 463 g/mol. The molecule has 1 heterocycles. The van der Waals surface area contributed by atoms with E-state index in [1.165, 1.54) is 11.1 Å². The van der Waals surface area contributed by atoms with Gasteiger partial charge in [0, 0.05) is 25.0 Å². The summed E-state index contributed by atoms with van der Waals surface area (Å²) in [6.07, 6.45) is 1.74. The van der Waals surface area contributed by atoms with E-state index >= 15 is 0 Å². The number of rotatable bonds is 5. The van der Waals surface area contributed by atoms with Crippen molar-refractivity contribution in [1.29, 1.82) is 0 Å². The largest absolute Gasteiger partial charge is 0.481 e. The molecule has 34 heavy (non-hydrogen) atoms. The van der Waals surface area contributed by atoms with Crippen LogP contribution in [0.2, 0.25) is 0 Å². The van der Waals surface area contributed by atoms with Crippen LogP contribution in [-0.4, -0.2) is 53.7 Å². The number of carboxylic acid groups (broad SMARTS) is 1. The van der Waals surface area contributed by atoms with Crippen LogP contribution < -0.4 is 5.32 Å². The summed E-state index contributed by atoms with van der Waals surface area (Å²) in [7, 11) is 0. The van der Waals surface area contributed by atoms with Gasteiger partial charge in [0.05, 0.1) is 11.8 Å². The molecule has 7 heteroatoms. The van der Waals surface area contributed by atoms with Crippen molar-refractivity contribution in [2.45, 2.75) is 38.1 Å². The van der Waals surface area contributed by atoms with Gasteiger partial charge in [-0.25, -0.2) is 4.79 Å². The van der Waals surface area contributed by atoms with Crippen LogP contribution in [0, 0.1) is 17.8 Å². The molecule has 2 unspecified atom stereocenters. The molecule has 0 radical (unpaired) electrons. The van der Waals surface area contributed by atoms with Crippen molar-refractivity contribution >= 4 is 18.0 Å². The number of hydrogen-bond donors (Lipinski definition) is 2. The lowest BCUT2D eigenvalue weighted by Gasteiger charge is -2.25. The van der Waals surface area contributed by atoms with E-state index in [-0.39, 0.29) is 42.9 Å². The lowest BCUT2D eigenvalue weighted by molar-refractivity contribution is -0.142. The van der Waals surface area contributed by atoms with Crippen LogP contribution in [0.5, 0.6) is 0 Å². The first-order valence-electron chi connectivity index (χ1n) is 12.1. The van der Waals surface area contributed by atoms with Gasteiger partial charge in [-0.1, -0.05) is 61.9 Å². The summed E-state index contributed by atoms with van der Waals surface area (Å²) in [6.45, 7) is 2.79. The van der Waals surface area contributed by atoms with Gasteiger partial charge in [-0.15, -0.1) is 0 Å². The molecule has 0 aromatic heterocycles. The van der Waals surface area contributed by atoms with Crippen LogP contribution in [0.4, 0.5) is 4.79 Å². The fourth-order valence-corrected chi connectivity index (χ4v) is 5.92. The highest BCUT2D eigenvalue weighted by molar-refractivity contribution is 5.83. The van der Waals surface area contributed by atoms with E-state index in [9.17, 15) is 19.5 Å². The Morgan fingerprint density at radius 1 is 0.971 bits per heavy atom. The fourth-order valence-electron chi connectivity index (χ4n) is 5.92. The summed E-state index contributed by atoms with van der Waals surface area (Å²) in [5.74, 6) is -1.87. The Hall–Kier alpha value is -3.35. The van der Waals surface area contributed by atoms with Crippen molar-refractivity contribution < 1.29 is 24.2 Å². The van der Waals surface area contributed by atoms with Gasteiger partial charge in [0.2, 0.25) is 5.91 Å². The molecule has 5 rings (SSSR count). The highest BCUT2D eigenvalue weighted by Crippen LogP contribution is 2.44. The van der Waals surface area contributed by atoms with Crippen molar-refractivity contribution in [1.82, 2.24) is 10.2 Å². The number of nitrogens with one attached hydrogen (secondary N) is 1. The van der Waals surface area contributed by atoms with Gasteiger partial charge in [0.15, 0.2) is 0 Å². The van der Waals surface area contributed by atoms with Gasteiger partial charge in [0.25, 0.3) is 0 Å². The molecule has 2 aromatic rings. The second kappa shape index (κ2) is 9.12. The third kappa shape index (κ3) is 4.04. The van der Waals surface area contributed by atoms with E-state index in [0.717, 1.165) is 17.5 Å². The lowest BCUT2D eigenvalue weighted by atomic mass is 9.98. The first-order valence-corrected chi connectivity index (χ1v) is 12.1. The summed E-state index contributed by atoms with van der Waals surface area (Å²) in [5, 5.41) is 12.3. The van der Waals surface area contributed by atoms with Gasteiger partial charge in [-0.3, -0.25) is 9.59 Å². The Bertz CT molecular complexity index is 1070. The number of alkyl carbamates (subject to hydrolysis) is 1. The second-order valence-electron chi connectivity index (χ2n) is 9.78. The predicted molar refractivity (Wildman–Crippen MR) is 126 cm³/mol. The second-order valence-corrected chi connectivity index (χ2v) is 9.78. The number of aliphatic carboxylic acids is 1. The van der Waals surface area contributed by atoms with Crippen LogP contribution in [0.25, 0.3) is 11.1 Å². The quantitative estimate of drug-likeness (QED) is 0.703. The first-order chi connectivity index (χ1) is 16.4. The fraction of sp³-hybridized carbons (Fsp3) is 0.444. The SMILES string of the molecule is C[C@@H]1CN(C(=O)C2CCCC2NC(=O)OCC2c3ccccc3-c3ccccc32)C[C@H]1C(=O)O. The van der Waals surface area contributed by atoms with Gasteiger partial charge >= 0.3 is 12.1 Å². The highest BCUT2D eigenvalue weighted by Gasteiger charge is 2.42. The minimum atomic E-state index is -0.859. The molecular weight excluding hydrogens is 432 g/mol. The number of carboxylic acids is 1. The summed E-state index contributed by atoms with van der Waals surface area (Å²) in [6, 6.07) is 16.1. The normalized spacial score (nSPS) is 25.6. The molecule has 1 saturated heterocycles. The van der Waals surface area contributed by atoms with Crippen molar-refractivity contribution in [2.24, 2.45) is 17.8 Å². The Morgan fingerprint density at radius 2 is 1.62 bits per heavy atom. The zero-order valence-electron chi connectivity index (χ0n) is 19.3. The van der Waals surface area contributed by atoms with Crippen molar-refractivity contribution in [3.63, 3.8) is 0 Å². The van der Waals surface area contributed by atoms with Crippen molar-refractivity contribution in [3.8, 4) is 11.1 Å². The molecule has 2 fully saturated rings. The van der Waals surface area contributed by atoms with E-state index in [0.29, 0.717) is 19.4 Å². The standard InChI is InChI=1S/C27H30N2O5/c1-16-13-29(14-22(16)26(31)32)25(30)21-11-6-12-24(21)28-27(33)34-15-23-19-9-4-2-7-17(19)18-8-3-5-10-20(18)23/h2-5,7-10,16,21-24H,6,11-15H2,1H3,(H,28,33)(H,31,32)/t16-,21?,22-,24?/m1/s1. The highest BCUT2D eigenvalue weighted by atomic mass is 16.5. The lowest BCUT2D eigenvalue weighted by Crippen LogP contribution is -2.45. The van der Waals surface area contributed by atoms with E-state index in [1.54, 1.807) is 4.90 Å². The summed E-state index contributed by atoms with van der Waals surface area (Å²) >= 11 is 0. The summed E-state index contributed by atoms with van der Waals surface area (Å²) < 4.78 is 5.67. The van der Waals surface area contributed by atoms with E-state index < -0.39 is 18.0 Å². The van der Waals surface area contributed by atoms with Crippen LogP contribution in [0.1, 0.15) is 43.2 Å². The number of nitrogens with zero attached hydrogens (tertiary/aromatic N) is 1. The number of carbonyl (C=O) groups is 3. The third-order valence-corrected chi connectivity index (χ3v) is 7.72. The van der Waals surface area contributed by atoms with E-state index in [4.69, 9.17) is 4.74 Å². The Kier molecular flexibility index (Phi) is 6.02. The molecule has 2 amide bonds. The van der Waals surface area contributed by atoms with Gasteiger partial charge in [-0.2, -0.15) is 0 Å². The van der Waals surface area contributed by atoms with E-state index in [1.807, 2.05) is 31.2 Å². The number of hydrogen-bond acceptors (Lipinski definition) is 4. The predicted octanol–water partition coefficient (Wildman–Crippen LogP) is 3.87. The average Bonchev–Trinajstić information content (AvgIpc) is 3.53. The van der Waals surface area contributed by atoms with Crippen molar-refractivity contribution in [3.05, 3.63) is 59.7 Å². The van der Waals surface area contributed by atoms with Crippen molar-refractivity contribution in [2.75, 3.05) is 19.7 Å². The number of carbonyl (C=O) groups excluding carboxylic acids is 2. The number of likely N-dealkylation sites (tertiary alicyclic amines) is 1.